The minimum Gasteiger partial charge on any atom is -0.357 e. The van der Waals surface area contributed by atoms with Crippen LogP contribution in [0.3, 0.4) is 0 Å². The van der Waals surface area contributed by atoms with Crippen LogP contribution in [0.5, 0.6) is 0 Å². The zero-order valence-corrected chi connectivity index (χ0v) is 20.2. The molecule has 0 aliphatic heterocycles. The number of hydrogen-bond acceptors (Lipinski definition) is 1. The van der Waals surface area contributed by atoms with Gasteiger partial charge < -0.3 is 10.3 Å². The first-order chi connectivity index (χ1) is 13.4. The molecule has 0 radical (unpaired) electrons. The molecule has 1 unspecified atom stereocenters. The number of nitrogens with one attached hydrogen (secondary N) is 2. The van der Waals surface area contributed by atoms with Crippen molar-refractivity contribution < 1.29 is 0 Å². The van der Waals surface area contributed by atoms with E-state index in [4.69, 9.17) is 0 Å². The largest absolute Gasteiger partial charge is 0.357 e. The summed E-state index contributed by atoms with van der Waals surface area (Å²) in [6, 6.07) is 9.58. The van der Waals surface area contributed by atoms with Crippen molar-refractivity contribution in [1.29, 1.82) is 0 Å². The van der Waals surface area contributed by atoms with Gasteiger partial charge in [-0.2, -0.15) is 0 Å². The molecule has 2 N–H and O–H groups in total. The summed E-state index contributed by atoms with van der Waals surface area (Å²) in [6.45, 7) is 20.8. The molecule has 1 aliphatic rings. The molecule has 1 heterocycles. The van der Waals surface area contributed by atoms with Gasteiger partial charge in [-0.05, 0) is 92.2 Å². The lowest BCUT2D eigenvalue weighted by atomic mass is 9.54. The first kappa shape index (κ1) is 22.2. The van der Waals surface area contributed by atoms with Gasteiger partial charge in [0.1, 0.15) is 0 Å². The summed E-state index contributed by atoms with van der Waals surface area (Å²) in [7, 11) is 0. The Morgan fingerprint density at radius 2 is 1.69 bits per heavy atom. The van der Waals surface area contributed by atoms with E-state index < -0.39 is 0 Å². The molecular weight excluding hydrogens is 352 g/mol. The molecule has 1 saturated carbocycles. The van der Waals surface area contributed by atoms with Crippen LogP contribution in [0, 0.1) is 31.6 Å². The first-order valence-corrected chi connectivity index (χ1v) is 11.4. The predicted molar refractivity (Wildman–Crippen MR) is 126 cm³/mol. The van der Waals surface area contributed by atoms with Crippen LogP contribution in [0.1, 0.15) is 89.6 Å². The Bertz CT molecular complexity index is 859. The standard InChI is InChI=1S/C27H42N2/c1-10-13-26(9)16-27(17-26,29-21(5)25(6,7)8)24-20(4)15-23(28-24)22-12-11-18(2)19(3)14-22/h11-12,14-15,21,28-29H,10,13,16-17H2,1-9H3. The minimum atomic E-state index is 0.0543. The highest BCUT2D eigenvalue weighted by Gasteiger charge is 2.54. The van der Waals surface area contributed by atoms with Gasteiger partial charge in [0, 0.05) is 17.4 Å². The van der Waals surface area contributed by atoms with Crippen molar-refractivity contribution in [2.24, 2.45) is 10.8 Å². The van der Waals surface area contributed by atoms with Crippen molar-refractivity contribution in [3.8, 4) is 11.3 Å². The van der Waals surface area contributed by atoms with Crippen LogP contribution in [-0.4, -0.2) is 11.0 Å². The van der Waals surface area contributed by atoms with Gasteiger partial charge in [0.25, 0.3) is 0 Å². The van der Waals surface area contributed by atoms with E-state index in [1.165, 1.54) is 59.3 Å². The van der Waals surface area contributed by atoms with Crippen LogP contribution in [0.25, 0.3) is 11.3 Å². The number of rotatable bonds is 6. The molecule has 1 aromatic heterocycles. The van der Waals surface area contributed by atoms with E-state index in [-0.39, 0.29) is 11.0 Å². The SMILES string of the molecule is CCCC1(C)CC(NC(C)C(C)(C)C)(c2[nH]c(-c3ccc(C)c(C)c3)cc2C)C1. The minimum absolute atomic E-state index is 0.0543. The second-order valence-corrected chi connectivity index (χ2v) is 11.3. The van der Waals surface area contributed by atoms with Gasteiger partial charge in [-0.1, -0.05) is 53.2 Å². The maximum atomic E-state index is 4.09. The van der Waals surface area contributed by atoms with Crippen LogP contribution in [-0.2, 0) is 5.54 Å². The molecule has 1 fully saturated rings. The molecule has 0 amide bonds. The summed E-state index contributed by atoms with van der Waals surface area (Å²) in [6.07, 6.45) is 4.99. The van der Waals surface area contributed by atoms with Crippen LogP contribution < -0.4 is 5.32 Å². The Morgan fingerprint density at radius 1 is 1.03 bits per heavy atom. The third kappa shape index (κ3) is 4.33. The van der Waals surface area contributed by atoms with Gasteiger partial charge in [-0.25, -0.2) is 0 Å². The van der Waals surface area contributed by atoms with Gasteiger partial charge in [0.15, 0.2) is 0 Å². The number of aryl methyl sites for hydroxylation is 3. The summed E-state index contributed by atoms with van der Waals surface area (Å²) in [4.78, 5) is 3.86. The van der Waals surface area contributed by atoms with E-state index >= 15 is 0 Å². The highest BCUT2D eigenvalue weighted by Crippen LogP contribution is 2.57. The molecule has 1 atom stereocenters. The molecule has 29 heavy (non-hydrogen) atoms. The second-order valence-electron chi connectivity index (χ2n) is 11.3. The molecule has 3 rings (SSSR count). The van der Waals surface area contributed by atoms with Crippen LogP contribution >= 0.6 is 0 Å². The summed E-state index contributed by atoms with van der Waals surface area (Å²) >= 11 is 0. The number of hydrogen-bond donors (Lipinski definition) is 2. The number of aromatic nitrogens is 1. The Morgan fingerprint density at radius 3 is 2.24 bits per heavy atom. The zero-order chi connectivity index (χ0) is 21.6. The quantitative estimate of drug-likeness (QED) is 0.524. The molecule has 160 valence electrons. The molecule has 2 heteroatoms. The molecule has 1 aromatic carbocycles. The topological polar surface area (TPSA) is 27.8 Å². The zero-order valence-electron chi connectivity index (χ0n) is 20.2. The highest BCUT2D eigenvalue weighted by atomic mass is 15.1. The maximum absolute atomic E-state index is 4.09. The average molecular weight is 395 g/mol. The summed E-state index contributed by atoms with van der Waals surface area (Å²) in [5.74, 6) is 0. The Kier molecular flexibility index (Phi) is 5.82. The fraction of sp³-hybridized carbons (Fsp3) is 0.630. The van der Waals surface area contributed by atoms with Crippen molar-refractivity contribution in [3.63, 3.8) is 0 Å². The highest BCUT2D eigenvalue weighted by molar-refractivity contribution is 5.63. The number of benzene rings is 1. The Balaban J connectivity index is 1.98. The molecular formula is C27H42N2. The van der Waals surface area contributed by atoms with E-state index in [1.807, 2.05) is 0 Å². The van der Waals surface area contributed by atoms with Crippen LogP contribution in [0.4, 0.5) is 0 Å². The Labute approximate surface area is 178 Å². The van der Waals surface area contributed by atoms with Crippen molar-refractivity contribution in [2.45, 2.75) is 99.6 Å². The molecule has 0 bridgehead atoms. The lowest BCUT2D eigenvalue weighted by molar-refractivity contribution is -0.0151. The lowest BCUT2D eigenvalue weighted by Gasteiger charge is -2.57. The molecule has 1 aliphatic carbocycles. The summed E-state index contributed by atoms with van der Waals surface area (Å²) in [5, 5.41) is 4.09. The maximum Gasteiger partial charge on any atom is 0.0601 e. The van der Waals surface area contributed by atoms with Crippen molar-refractivity contribution in [1.82, 2.24) is 10.3 Å². The summed E-state index contributed by atoms with van der Waals surface area (Å²) < 4.78 is 0. The van der Waals surface area contributed by atoms with Crippen molar-refractivity contribution in [2.75, 3.05) is 0 Å². The van der Waals surface area contributed by atoms with E-state index in [9.17, 15) is 0 Å². The molecule has 0 spiro atoms. The van der Waals surface area contributed by atoms with Crippen LogP contribution in [0.15, 0.2) is 24.3 Å². The van der Waals surface area contributed by atoms with E-state index in [1.54, 1.807) is 0 Å². The number of aromatic amines is 1. The second kappa shape index (κ2) is 7.61. The third-order valence-corrected chi connectivity index (χ3v) is 7.41. The van der Waals surface area contributed by atoms with Gasteiger partial charge in [-0.15, -0.1) is 0 Å². The summed E-state index contributed by atoms with van der Waals surface area (Å²) in [5.41, 5.74) is 8.75. The van der Waals surface area contributed by atoms with Crippen molar-refractivity contribution in [3.05, 3.63) is 46.6 Å². The first-order valence-electron chi connectivity index (χ1n) is 11.4. The van der Waals surface area contributed by atoms with Gasteiger partial charge >= 0.3 is 0 Å². The van der Waals surface area contributed by atoms with E-state index in [0.717, 1.165) is 0 Å². The molecule has 2 aromatic rings. The smallest absolute Gasteiger partial charge is 0.0601 e. The van der Waals surface area contributed by atoms with Crippen LogP contribution in [0.2, 0.25) is 0 Å². The monoisotopic (exact) mass is 394 g/mol. The van der Waals surface area contributed by atoms with Crippen molar-refractivity contribution >= 4 is 0 Å². The fourth-order valence-electron chi connectivity index (χ4n) is 5.29. The third-order valence-electron chi connectivity index (χ3n) is 7.41. The Hall–Kier alpha value is -1.54. The predicted octanol–water partition coefficient (Wildman–Crippen LogP) is 7.43. The normalized spacial score (nSPS) is 25.7. The fourth-order valence-corrected chi connectivity index (χ4v) is 5.29. The molecule has 0 saturated heterocycles. The average Bonchev–Trinajstić information content (AvgIpc) is 2.97. The number of H-pyrrole nitrogens is 1. The lowest BCUT2D eigenvalue weighted by Crippen LogP contribution is -2.61. The van der Waals surface area contributed by atoms with E-state index in [0.29, 0.717) is 11.5 Å². The van der Waals surface area contributed by atoms with Gasteiger partial charge in [0.2, 0.25) is 0 Å². The van der Waals surface area contributed by atoms with Gasteiger partial charge in [0.05, 0.1) is 5.54 Å². The molecule has 2 nitrogen and oxygen atoms in total. The van der Waals surface area contributed by atoms with Gasteiger partial charge in [-0.3, -0.25) is 0 Å². The van der Waals surface area contributed by atoms with E-state index in [2.05, 4.69) is 96.9 Å².